The Morgan fingerprint density at radius 1 is 1.19 bits per heavy atom. The molecule has 11 heteroatoms. The van der Waals surface area contributed by atoms with Crippen LogP contribution >= 0.6 is 0 Å². The molecule has 1 fully saturated rings. The average Bonchev–Trinajstić information content (AvgIpc) is 3.04. The van der Waals surface area contributed by atoms with Crippen molar-refractivity contribution in [1.29, 1.82) is 0 Å². The average molecular weight is 436 g/mol. The van der Waals surface area contributed by atoms with Gasteiger partial charge in [0.2, 0.25) is 5.82 Å². The van der Waals surface area contributed by atoms with Gasteiger partial charge in [-0.2, -0.15) is 4.39 Å². The molecule has 2 aromatic rings. The summed E-state index contributed by atoms with van der Waals surface area (Å²) in [6.45, 7) is 1.15. The van der Waals surface area contributed by atoms with E-state index in [1.807, 2.05) is 5.32 Å². The third-order valence-corrected chi connectivity index (χ3v) is 4.37. The zero-order valence-electron chi connectivity index (χ0n) is 15.9. The molecular formula is C20H15F3N2O6. The van der Waals surface area contributed by atoms with Crippen molar-refractivity contribution < 1.29 is 42.1 Å². The van der Waals surface area contributed by atoms with Crippen LogP contribution in [-0.4, -0.2) is 29.1 Å². The molecule has 2 amide bonds. The number of carboxylic acids is 1. The molecule has 8 nitrogen and oxygen atoms in total. The molecule has 1 heterocycles. The number of amides is 2. The van der Waals surface area contributed by atoms with Crippen molar-refractivity contribution in [2.24, 2.45) is 5.73 Å². The summed E-state index contributed by atoms with van der Waals surface area (Å²) in [6.07, 6.45) is -0.374. The highest BCUT2D eigenvalue weighted by Crippen LogP contribution is 2.34. The lowest BCUT2D eigenvalue weighted by Gasteiger charge is -2.16. The maximum absolute atomic E-state index is 14.6. The van der Waals surface area contributed by atoms with Crippen molar-refractivity contribution in [2.75, 3.05) is 0 Å². The van der Waals surface area contributed by atoms with Crippen LogP contribution < -0.4 is 15.8 Å². The number of hydrogen-bond donors (Lipinski definition) is 3. The number of cyclic esters (lactones) is 1. The Balaban J connectivity index is 1.86. The van der Waals surface area contributed by atoms with E-state index in [0.29, 0.717) is 5.56 Å². The van der Waals surface area contributed by atoms with Crippen LogP contribution in [0.25, 0.3) is 6.08 Å². The van der Waals surface area contributed by atoms with Gasteiger partial charge in [-0.15, -0.1) is 0 Å². The van der Waals surface area contributed by atoms with Crippen LogP contribution in [0, 0.1) is 24.4 Å². The number of carbonyl (C=O) groups excluding carboxylic acids is 2. The summed E-state index contributed by atoms with van der Waals surface area (Å²) in [7, 11) is 0. The minimum atomic E-state index is -1.61. The molecular weight excluding hydrogens is 421 g/mol. The number of rotatable bonds is 6. The van der Waals surface area contributed by atoms with E-state index in [4.69, 9.17) is 15.6 Å². The molecule has 3 rings (SSSR count). The van der Waals surface area contributed by atoms with E-state index in [2.05, 4.69) is 4.74 Å². The third-order valence-electron chi connectivity index (χ3n) is 4.37. The summed E-state index contributed by atoms with van der Waals surface area (Å²) < 4.78 is 53.4. The fourth-order valence-corrected chi connectivity index (χ4v) is 2.75. The summed E-state index contributed by atoms with van der Waals surface area (Å²) in [5.41, 5.74) is 4.57. The molecule has 162 valence electrons. The Labute approximate surface area is 173 Å². The van der Waals surface area contributed by atoms with Crippen molar-refractivity contribution in [3.63, 3.8) is 0 Å². The molecule has 0 aromatic heterocycles. The van der Waals surface area contributed by atoms with Crippen LogP contribution in [0.15, 0.2) is 30.0 Å². The number of halogens is 3. The van der Waals surface area contributed by atoms with Gasteiger partial charge in [-0.05, 0) is 30.7 Å². The van der Waals surface area contributed by atoms with E-state index in [1.165, 1.54) is 30.3 Å². The highest BCUT2D eigenvalue weighted by atomic mass is 19.2. The molecule has 1 unspecified atom stereocenters. The second-order valence-corrected chi connectivity index (χ2v) is 6.55. The zero-order chi connectivity index (χ0) is 22.9. The quantitative estimate of drug-likeness (QED) is 0.469. The standard InChI is InChI=1S/C20H15F3N2O6/c1-8-14(21)11(7-12(24)19(27)28)15(22)16(23)17(8)30-10-4-2-9(3-5-10)6-13-18(26)25-20(29)31-13/h2-6,12H,7,24H2,1H3,(H,27,28)(H,25,26,29). The van der Waals surface area contributed by atoms with Crippen LogP contribution in [0.4, 0.5) is 18.0 Å². The minimum absolute atomic E-state index is 0.0193. The first-order valence-electron chi connectivity index (χ1n) is 8.75. The minimum Gasteiger partial charge on any atom is -0.480 e. The van der Waals surface area contributed by atoms with Gasteiger partial charge in [0.25, 0.3) is 5.91 Å². The molecule has 0 radical (unpaired) electrons. The number of nitrogens with one attached hydrogen (secondary N) is 1. The number of carbonyl (C=O) groups is 3. The predicted molar refractivity (Wildman–Crippen MR) is 99.5 cm³/mol. The summed E-state index contributed by atoms with van der Waals surface area (Å²) in [5.74, 6) is -7.37. The van der Waals surface area contributed by atoms with Crippen molar-refractivity contribution in [3.8, 4) is 11.5 Å². The number of ether oxygens (including phenoxy) is 2. The molecule has 31 heavy (non-hydrogen) atoms. The maximum atomic E-state index is 14.6. The first-order chi connectivity index (χ1) is 14.6. The zero-order valence-corrected chi connectivity index (χ0v) is 15.9. The van der Waals surface area contributed by atoms with Crippen LogP contribution in [0.3, 0.4) is 0 Å². The summed E-state index contributed by atoms with van der Waals surface area (Å²) in [4.78, 5) is 33.3. The third kappa shape index (κ3) is 4.51. The number of nitrogens with two attached hydrogens (primary N) is 1. The smallest absolute Gasteiger partial charge is 0.419 e. The number of hydrogen-bond acceptors (Lipinski definition) is 6. The van der Waals surface area contributed by atoms with Crippen LogP contribution in [0.1, 0.15) is 16.7 Å². The van der Waals surface area contributed by atoms with Crippen molar-refractivity contribution >= 4 is 24.0 Å². The largest absolute Gasteiger partial charge is 0.480 e. The van der Waals surface area contributed by atoms with E-state index < -0.39 is 59.2 Å². The molecule has 2 aromatic carbocycles. The molecule has 1 aliphatic heterocycles. The van der Waals surface area contributed by atoms with Gasteiger partial charge < -0.3 is 20.3 Å². The van der Waals surface area contributed by atoms with Gasteiger partial charge in [0.05, 0.1) is 0 Å². The van der Waals surface area contributed by atoms with Crippen LogP contribution in [0.2, 0.25) is 0 Å². The Bertz CT molecular complexity index is 1090. The van der Waals surface area contributed by atoms with Crippen molar-refractivity contribution in [2.45, 2.75) is 19.4 Å². The van der Waals surface area contributed by atoms with Gasteiger partial charge >= 0.3 is 12.1 Å². The number of imide groups is 1. The van der Waals surface area contributed by atoms with Crippen molar-refractivity contribution in [1.82, 2.24) is 5.32 Å². The lowest BCUT2D eigenvalue weighted by Crippen LogP contribution is -2.33. The predicted octanol–water partition coefficient (Wildman–Crippen LogP) is 2.77. The molecule has 4 N–H and O–H groups in total. The molecule has 1 atom stereocenters. The second kappa shape index (κ2) is 8.48. The Morgan fingerprint density at radius 2 is 1.84 bits per heavy atom. The van der Waals surface area contributed by atoms with Gasteiger partial charge in [-0.1, -0.05) is 12.1 Å². The highest BCUT2D eigenvalue weighted by molar-refractivity contribution is 6.09. The van der Waals surface area contributed by atoms with Gasteiger partial charge in [0.1, 0.15) is 17.6 Å². The molecule has 0 bridgehead atoms. The normalized spacial score (nSPS) is 15.6. The van der Waals surface area contributed by atoms with E-state index in [1.54, 1.807) is 0 Å². The first-order valence-corrected chi connectivity index (χ1v) is 8.75. The fraction of sp³-hybridized carbons (Fsp3) is 0.150. The van der Waals surface area contributed by atoms with Crippen molar-refractivity contribution in [3.05, 3.63) is 64.2 Å². The molecule has 1 aliphatic rings. The number of alkyl carbamates (subject to hydrolysis) is 1. The Kier molecular flexibility index (Phi) is 5.97. The number of benzene rings is 2. The van der Waals surface area contributed by atoms with E-state index in [-0.39, 0.29) is 17.1 Å². The summed E-state index contributed by atoms with van der Waals surface area (Å²) in [6, 6.07) is 3.93. The molecule has 1 saturated heterocycles. The monoisotopic (exact) mass is 436 g/mol. The Morgan fingerprint density at radius 3 is 2.39 bits per heavy atom. The molecule has 0 spiro atoms. The van der Waals surface area contributed by atoms with Gasteiger partial charge in [0.15, 0.2) is 17.3 Å². The Hall–Kier alpha value is -3.86. The van der Waals surface area contributed by atoms with Crippen LogP contribution in [-0.2, 0) is 20.7 Å². The lowest BCUT2D eigenvalue weighted by molar-refractivity contribution is -0.138. The molecule has 0 aliphatic carbocycles. The number of aliphatic carboxylic acids is 1. The van der Waals surface area contributed by atoms with E-state index in [0.717, 1.165) is 6.92 Å². The van der Waals surface area contributed by atoms with E-state index in [9.17, 15) is 27.6 Å². The second-order valence-electron chi connectivity index (χ2n) is 6.55. The van der Waals surface area contributed by atoms with E-state index >= 15 is 0 Å². The summed E-state index contributed by atoms with van der Waals surface area (Å²) in [5, 5.41) is 10.7. The SMILES string of the molecule is Cc1c(F)c(CC(N)C(=O)O)c(F)c(F)c1Oc1ccc(C=C2OC(=O)NC2=O)cc1. The van der Waals surface area contributed by atoms with Gasteiger partial charge in [-0.3, -0.25) is 14.9 Å². The van der Waals surface area contributed by atoms with Gasteiger partial charge in [0, 0.05) is 17.5 Å². The summed E-state index contributed by atoms with van der Waals surface area (Å²) >= 11 is 0. The highest BCUT2D eigenvalue weighted by Gasteiger charge is 2.28. The lowest BCUT2D eigenvalue weighted by atomic mass is 10.0. The first kappa shape index (κ1) is 21.8. The fourth-order valence-electron chi connectivity index (χ4n) is 2.75. The maximum Gasteiger partial charge on any atom is 0.419 e. The van der Waals surface area contributed by atoms with Gasteiger partial charge in [-0.25, -0.2) is 13.6 Å². The molecule has 0 saturated carbocycles. The van der Waals surface area contributed by atoms with Crippen LogP contribution in [0.5, 0.6) is 11.5 Å². The topological polar surface area (TPSA) is 128 Å². The number of carboxylic acid groups (broad SMARTS) is 1.